The molecule has 0 aliphatic rings. The minimum atomic E-state index is -4.83. The number of carboxylic acids is 1. The zero-order chi connectivity index (χ0) is 21.2. The molecule has 7 nitrogen and oxygen atoms in total. The van der Waals surface area contributed by atoms with Crippen molar-refractivity contribution < 1.29 is 41.3 Å². The van der Waals surface area contributed by atoms with Crippen LogP contribution in [0.25, 0.3) is 16.8 Å². The van der Waals surface area contributed by atoms with Crippen molar-refractivity contribution in [3.05, 3.63) is 48.4 Å². The van der Waals surface area contributed by atoms with Crippen LogP contribution in [0.3, 0.4) is 0 Å². The van der Waals surface area contributed by atoms with Gasteiger partial charge in [-0.05, 0) is 35.4 Å². The van der Waals surface area contributed by atoms with Crippen molar-refractivity contribution in [3.63, 3.8) is 0 Å². The van der Waals surface area contributed by atoms with Crippen molar-refractivity contribution in [2.45, 2.75) is 12.3 Å². The molecule has 0 spiro atoms. The summed E-state index contributed by atoms with van der Waals surface area (Å²) in [7, 11) is 0. The molecule has 3 aromatic rings. The molecular formula is C17H12F5N3O4. The van der Waals surface area contributed by atoms with Gasteiger partial charge in [-0.15, -0.1) is 23.4 Å². The second-order valence-electron chi connectivity index (χ2n) is 5.83. The van der Waals surface area contributed by atoms with Crippen molar-refractivity contribution in [2.24, 2.45) is 0 Å². The van der Waals surface area contributed by atoms with Gasteiger partial charge in [0.05, 0.1) is 0 Å². The third-order valence-electron chi connectivity index (χ3n) is 3.66. The number of pyridine rings is 1. The molecule has 0 aliphatic carbocycles. The lowest BCUT2D eigenvalue weighted by Gasteiger charge is -2.14. The van der Waals surface area contributed by atoms with E-state index in [1.54, 1.807) is 0 Å². The Morgan fingerprint density at radius 3 is 2.28 bits per heavy atom. The fourth-order valence-electron chi connectivity index (χ4n) is 2.49. The number of hydrogen-bond donors (Lipinski definition) is 1. The molecule has 0 fully saturated rings. The third-order valence-corrected chi connectivity index (χ3v) is 3.66. The number of alkyl halides is 5. The predicted molar refractivity (Wildman–Crippen MR) is 87.5 cm³/mol. The summed E-state index contributed by atoms with van der Waals surface area (Å²) in [6, 6.07) is 7.79. The number of ether oxygens (including phenoxy) is 2. The highest BCUT2D eigenvalue weighted by Crippen LogP contribution is 2.30. The maximum Gasteiger partial charge on any atom is 0.573 e. The highest BCUT2D eigenvalue weighted by Gasteiger charge is 2.38. The molecular weight excluding hydrogens is 405 g/mol. The van der Waals surface area contributed by atoms with E-state index in [4.69, 9.17) is 5.11 Å². The molecule has 0 saturated heterocycles. The molecule has 0 unspecified atom stereocenters. The van der Waals surface area contributed by atoms with Crippen LogP contribution in [-0.2, 0) is 15.5 Å². The minimum Gasteiger partial charge on any atom is -0.480 e. The lowest BCUT2D eigenvalue weighted by atomic mass is 10.1. The number of fused-ring (bicyclic) bond motifs is 1. The molecule has 0 aliphatic heterocycles. The largest absolute Gasteiger partial charge is 0.573 e. The number of carbonyl (C=O) groups is 1. The Kier molecular flexibility index (Phi) is 5.38. The van der Waals surface area contributed by atoms with Gasteiger partial charge in [-0.25, -0.2) is 4.79 Å². The maximum absolute atomic E-state index is 14.3. The van der Waals surface area contributed by atoms with Crippen LogP contribution in [0.5, 0.6) is 5.75 Å². The second kappa shape index (κ2) is 7.62. The van der Waals surface area contributed by atoms with Gasteiger partial charge in [-0.2, -0.15) is 8.78 Å². The fourth-order valence-corrected chi connectivity index (χ4v) is 2.49. The highest BCUT2D eigenvalue weighted by molar-refractivity contribution is 5.68. The topological polar surface area (TPSA) is 86.0 Å². The molecule has 1 aromatic carbocycles. The van der Waals surface area contributed by atoms with Gasteiger partial charge in [0, 0.05) is 6.20 Å². The minimum absolute atomic E-state index is 0.0960. The fraction of sp³-hybridized carbons (Fsp3) is 0.235. The van der Waals surface area contributed by atoms with Crippen molar-refractivity contribution in [1.82, 2.24) is 14.6 Å². The molecule has 1 N–H and O–H groups in total. The first-order valence-electron chi connectivity index (χ1n) is 7.94. The van der Waals surface area contributed by atoms with E-state index in [0.717, 1.165) is 16.5 Å². The molecule has 0 saturated carbocycles. The van der Waals surface area contributed by atoms with E-state index in [9.17, 15) is 26.7 Å². The van der Waals surface area contributed by atoms with Crippen molar-refractivity contribution >= 4 is 11.6 Å². The third kappa shape index (κ3) is 4.96. The lowest BCUT2D eigenvalue weighted by Crippen LogP contribution is -2.26. The van der Waals surface area contributed by atoms with E-state index >= 15 is 0 Å². The van der Waals surface area contributed by atoms with Crippen molar-refractivity contribution in [1.29, 1.82) is 0 Å². The zero-order valence-corrected chi connectivity index (χ0v) is 14.4. The molecule has 2 heterocycles. The molecule has 0 atom stereocenters. The lowest BCUT2D eigenvalue weighted by molar-refractivity contribution is -0.274. The molecule has 3 rings (SSSR count). The Morgan fingerprint density at radius 1 is 1.00 bits per heavy atom. The van der Waals surface area contributed by atoms with Crippen LogP contribution in [0.15, 0.2) is 42.6 Å². The van der Waals surface area contributed by atoms with Gasteiger partial charge in [-0.1, -0.05) is 12.1 Å². The van der Waals surface area contributed by atoms with E-state index in [-0.39, 0.29) is 5.65 Å². The van der Waals surface area contributed by atoms with Gasteiger partial charge in [0.2, 0.25) is 5.82 Å². The first-order valence-corrected chi connectivity index (χ1v) is 7.94. The van der Waals surface area contributed by atoms with E-state index in [0.29, 0.717) is 11.1 Å². The summed E-state index contributed by atoms with van der Waals surface area (Å²) >= 11 is 0. The molecule has 12 heteroatoms. The van der Waals surface area contributed by atoms with Crippen LogP contribution in [0, 0.1) is 0 Å². The van der Waals surface area contributed by atoms with Gasteiger partial charge in [0.15, 0.2) is 5.65 Å². The highest BCUT2D eigenvalue weighted by atomic mass is 19.4. The molecule has 29 heavy (non-hydrogen) atoms. The van der Waals surface area contributed by atoms with Crippen LogP contribution >= 0.6 is 0 Å². The van der Waals surface area contributed by atoms with E-state index in [2.05, 4.69) is 19.7 Å². The Labute approximate surface area is 159 Å². The smallest absolute Gasteiger partial charge is 0.480 e. The van der Waals surface area contributed by atoms with Gasteiger partial charge < -0.3 is 14.6 Å². The first-order chi connectivity index (χ1) is 13.5. The van der Waals surface area contributed by atoms with Gasteiger partial charge in [0.1, 0.15) is 19.0 Å². The Hall–Kier alpha value is -3.28. The monoisotopic (exact) mass is 417 g/mol. The Morgan fingerprint density at radius 2 is 1.66 bits per heavy atom. The summed E-state index contributed by atoms with van der Waals surface area (Å²) in [5, 5.41) is 15.6. The van der Waals surface area contributed by atoms with Crippen LogP contribution in [0.1, 0.15) is 5.82 Å². The van der Waals surface area contributed by atoms with Crippen molar-refractivity contribution in [2.75, 3.05) is 13.2 Å². The normalized spacial score (nSPS) is 12.3. The van der Waals surface area contributed by atoms with E-state index in [1.807, 2.05) is 0 Å². The zero-order valence-electron chi connectivity index (χ0n) is 14.4. The molecule has 0 bridgehead atoms. The van der Waals surface area contributed by atoms with Crippen LogP contribution < -0.4 is 4.74 Å². The SMILES string of the molecule is O=C(O)COCC(F)(F)c1nnc2ccc(-c3ccc(OC(F)(F)F)cc3)cn12. The van der Waals surface area contributed by atoms with Gasteiger partial charge in [-0.3, -0.25) is 4.40 Å². The summed E-state index contributed by atoms with van der Waals surface area (Å²) in [5.41, 5.74) is 0.935. The number of carboxylic acid groups (broad SMARTS) is 1. The summed E-state index contributed by atoms with van der Waals surface area (Å²) < 4.78 is 74.7. The van der Waals surface area contributed by atoms with E-state index in [1.165, 1.54) is 30.5 Å². The van der Waals surface area contributed by atoms with Crippen LogP contribution in [0.2, 0.25) is 0 Å². The second-order valence-corrected chi connectivity index (χ2v) is 5.83. The first kappa shape index (κ1) is 20.5. The summed E-state index contributed by atoms with van der Waals surface area (Å²) in [4.78, 5) is 10.4. The Balaban J connectivity index is 1.88. The number of halogens is 5. The number of aromatic nitrogens is 3. The standard InChI is InChI=1S/C17H12F5N3O4/c18-16(19,9-28-8-14(26)27)15-24-23-13-6-3-11(7-25(13)15)10-1-4-12(5-2-10)29-17(20,21)22/h1-7H,8-9H2,(H,26,27). The van der Waals surface area contributed by atoms with Gasteiger partial charge >= 0.3 is 18.3 Å². The average molecular weight is 417 g/mol. The predicted octanol–water partition coefficient (Wildman–Crippen LogP) is 3.49. The summed E-state index contributed by atoms with van der Waals surface area (Å²) in [6.45, 7) is -2.11. The van der Waals surface area contributed by atoms with Crippen LogP contribution in [0.4, 0.5) is 22.0 Å². The molecule has 0 amide bonds. The number of hydrogen-bond acceptors (Lipinski definition) is 5. The summed E-state index contributed by atoms with van der Waals surface area (Å²) in [6.07, 6.45) is -3.54. The average Bonchev–Trinajstić information content (AvgIpc) is 3.04. The number of nitrogens with zero attached hydrogens (tertiary/aromatic N) is 3. The van der Waals surface area contributed by atoms with E-state index < -0.39 is 43.0 Å². The molecule has 0 radical (unpaired) electrons. The molecule has 2 aromatic heterocycles. The van der Waals surface area contributed by atoms with Crippen molar-refractivity contribution in [3.8, 4) is 16.9 Å². The summed E-state index contributed by atoms with van der Waals surface area (Å²) in [5.74, 6) is -6.21. The Bertz CT molecular complexity index is 1020. The number of aliphatic carboxylic acids is 1. The number of rotatable bonds is 7. The maximum atomic E-state index is 14.3. The van der Waals surface area contributed by atoms with Crippen LogP contribution in [-0.4, -0.2) is 45.3 Å². The quantitative estimate of drug-likeness (QED) is 0.593. The number of benzene rings is 1. The van der Waals surface area contributed by atoms with Gasteiger partial charge in [0.25, 0.3) is 0 Å². The molecule has 154 valence electrons.